The molecule has 5 nitrogen and oxygen atoms in total. The lowest BCUT2D eigenvalue weighted by Crippen LogP contribution is -2.50. The normalized spacial score (nSPS) is 20.0. The van der Waals surface area contributed by atoms with E-state index >= 15 is 0 Å². The highest BCUT2D eigenvalue weighted by Gasteiger charge is 2.22. The summed E-state index contributed by atoms with van der Waals surface area (Å²) in [5, 5.41) is 12.6. The van der Waals surface area contributed by atoms with Gasteiger partial charge in [-0.05, 0) is 31.9 Å². The third-order valence-corrected chi connectivity index (χ3v) is 4.06. The molecule has 0 saturated carbocycles. The van der Waals surface area contributed by atoms with Gasteiger partial charge in [-0.15, -0.1) is 0 Å². The quantitative estimate of drug-likeness (QED) is 0.887. The molecule has 2 atom stereocenters. The number of amides is 2. The molecule has 0 aliphatic carbocycles. The van der Waals surface area contributed by atoms with Gasteiger partial charge in [0.25, 0.3) is 0 Å². The van der Waals surface area contributed by atoms with Crippen molar-refractivity contribution in [2.24, 2.45) is 0 Å². The number of anilines is 1. The maximum Gasteiger partial charge on any atom is 0.317 e. The first-order chi connectivity index (χ1) is 10.1. The van der Waals surface area contributed by atoms with Crippen LogP contribution in [0.5, 0.6) is 0 Å². The zero-order valence-electron chi connectivity index (χ0n) is 12.8. The van der Waals surface area contributed by atoms with Crippen LogP contribution in [-0.2, 0) is 0 Å². The maximum absolute atomic E-state index is 12.1. The van der Waals surface area contributed by atoms with Gasteiger partial charge in [-0.1, -0.05) is 18.2 Å². The van der Waals surface area contributed by atoms with E-state index in [0.717, 1.165) is 25.1 Å². The molecule has 1 heterocycles. The number of likely N-dealkylation sites (tertiary alicyclic amines) is 1. The molecule has 116 valence electrons. The Morgan fingerprint density at radius 1 is 1.48 bits per heavy atom. The van der Waals surface area contributed by atoms with E-state index in [9.17, 15) is 9.90 Å². The fourth-order valence-electron chi connectivity index (χ4n) is 2.54. The molecule has 2 unspecified atom stereocenters. The number of rotatable bonds is 4. The van der Waals surface area contributed by atoms with Crippen molar-refractivity contribution in [2.45, 2.75) is 31.9 Å². The molecule has 0 radical (unpaired) electrons. The minimum Gasteiger partial charge on any atom is -0.391 e. The third kappa shape index (κ3) is 4.36. The topological polar surface area (TPSA) is 55.8 Å². The summed E-state index contributed by atoms with van der Waals surface area (Å²) in [6, 6.07) is 10.2. The van der Waals surface area contributed by atoms with Gasteiger partial charge in [0, 0.05) is 38.4 Å². The van der Waals surface area contributed by atoms with E-state index in [1.54, 1.807) is 4.90 Å². The summed E-state index contributed by atoms with van der Waals surface area (Å²) in [5.41, 5.74) is 1.13. The number of carbonyl (C=O) groups is 1. The molecule has 1 aliphatic heterocycles. The van der Waals surface area contributed by atoms with Crippen molar-refractivity contribution < 1.29 is 9.90 Å². The van der Waals surface area contributed by atoms with Gasteiger partial charge in [-0.3, -0.25) is 0 Å². The van der Waals surface area contributed by atoms with Crippen molar-refractivity contribution in [1.29, 1.82) is 0 Å². The number of hydrogen-bond donors (Lipinski definition) is 2. The van der Waals surface area contributed by atoms with Gasteiger partial charge in [0.2, 0.25) is 0 Å². The van der Waals surface area contributed by atoms with Crippen LogP contribution in [0, 0.1) is 0 Å². The predicted molar refractivity (Wildman–Crippen MR) is 84.5 cm³/mol. The summed E-state index contributed by atoms with van der Waals surface area (Å²) < 4.78 is 0. The number of aliphatic hydroxyl groups excluding tert-OH is 1. The van der Waals surface area contributed by atoms with Crippen LogP contribution in [-0.4, -0.2) is 54.9 Å². The molecule has 0 bridgehead atoms. The van der Waals surface area contributed by atoms with E-state index in [0.29, 0.717) is 13.1 Å². The van der Waals surface area contributed by atoms with E-state index in [1.165, 1.54) is 0 Å². The average Bonchev–Trinajstić information content (AvgIpc) is 2.52. The van der Waals surface area contributed by atoms with Gasteiger partial charge in [0.1, 0.15) is 0 Å². The Morgan fingerprint density at radius 3 is 2.86 bits per heavy atom. The second-order valence-electron chi connectivity index (χ2n) is 5.72. The molecule has 1 fully saturated rings. The summed E-state index contributed by atoms with van der Waals surface area (Å²) in [5.74, 6) is 0. The van der Waals surface area contributed by atoms with Crippen LogP contribution in [0.4, 0.5) is 10.5 Å². The number of aliphatic hydroxyl groups is 1. The lowest BCUT2D eigenvalue weighted by molar-refractivity contribution is 0.0842. The van der Waals surface area contributed by atoms with E-state index < -0.39 is 0 Å². The van der Waals surface area contributed by atoms with Crippen LogP contribution in [0.15, 0.2) is 30.3 Å². The number of nitrogens with zero attached hydrogens (tertiary/aromatic N) is 2. The second kappa shape index (κ2) is 7.31. The van der Waals surface area contributed by atoms with E-state index in [1.807, 2.05) is 25.2 Å². The van der Waals surface area contributed by atoms with Crippen molar-refractivity contribution in [3.63, 3.8) is 0 Å². The molecule has 1 aromatic carbocycles. The van der Waals surface area contributed by atoms with Crippen molar-refractivity contribution in [2.75, 3.05) is 31.6 Å². The Bertz CT molecular complexity index is 452. The fourth-order valence-corrected chi connectivity index (χ4v) is 2.54. The summed E-state index contributed by atoms with van der Waals surface area (Å²) in [6.45, 7) is 3.83. The van der Waals surface area contributed by atoms with Gasteiger partial charge in [-0.2, -0.15) is 0 Å². The highest BCUT2D eigenvalue weighted by atomic mass is 16.3. The smallest absolute Gasteiger partial charge is 0.317 e. The number of urea groups is 1. The van der Waals surface area contributed by atoms with E-state index in [4.69, 9.17) is 0 Å². The number of benzene rings is 1. The van der Waals surface area contributed by atoms with Crippen molar-refractivity contribution >= 4 is 11.7 Å². The first kappa shape index (κ1) is 15.6. The Morgan fingerprint density at radius 2 is 2.19 bits per heavy atom. The molecular formula is C16H25N3O2. The zero-order valence-corrected chi connectivity index (χ0v) is 12.8. The minimum atomic E-state index is -0.381. The van der Waals surface area contributed by atoms with Crippen LogP contribution in [0.1, 0.15) is 19.8 Å². The van der Waals surface area contributed by atoms with Gasteiger partial charge in [-0.25, -0.2) is 4.79 Å². The summed E-state index contributed by atoms with van der Waals surface area (Å²) >= 11 is 0. The largest absolute Gasteiger partial charge is 0.391 e. The maximum atomic E-state index is 12.1. The molecule has 2 rings (SSSR count). The predicted octanol–water partition coefficient (Wildman–Crippen LogP) is 1.68. The lowest BCUT2D eigenvalue weighted by Gasteiger charge is -2.32. The van der Waals surface area contributed by atoms with Gasteiger partial charge in [0.05, 0.1) is 6.10 Å². The highest BCUT2D eigenvalue weighted by molar-refractivity contribution is 5.74. The summed E-state index contributed by atoms with van der Waals surface area (Å²) in [7, 11) is 2.02. The molecule has 0 spiro atoms. The van der Waals surface area contributed by atoms with Crippen LogP contribution in [0.25, 0.3) is 0 Å². The number of para-hydroxylation sites is 1. The first-order valence-corrected chi connectivity index (χ1v) is 7.56. The molecule has 2 amide bonds. The van der Waals surface area contributed by atoms with Gasteiger partial charge in [0.15, 0.2) is 0 Å². The van der Waals surface area contributed by atoms with Crippen LogP contribution < -0.4 is 10.2 Å². The highest BCUT2D eigenvalue weighted by Crippen LogP contribution is 2.14. The van der Waals surface area contributed by atoms with Crippen molar-refractivity contribution in [3.05, 3.63) is 30.3 Å². The van der Waals surface area contributed by atoms with Crippen molar-refractivity contribution in [3.8, 4) is 0 Å². The van der Waals surface area contributed by atoms with Crippen LogP contribution in [0.3, 0.4) is 0 Å². The van der Waals surface area contributed by atoms with Gasteiger partial charge < -0.3 is 20.2 Å². The summed E-state index contributed by atoms with van der Waals surface area (Å²) in [6.07, 6.45) is 1.28. The summed E-state index contributed by atoms with van der Waals surface area (Å²) in [4.78, 5) is 15.9. The molecular weight excluding hydrogens is 266 g/mol. The Balaban J connectivity index is 1.80. The average molecular weight is 291 g/mol. The molecule has 21 heavy (non-hydrogen) atoms. The minimum absolute atomic E-state index is 0.0814. The SMILES string of the molecule is CC(CNC(=O)N1CCCC(O)C1)N(C)c1ccccc1. The van der Waals surface area contributed by atoms with Crippen LogP contribution in [0.2, 0.25) is 0 Å². The first-order valence-electron chi connectivity index (χ1n) is 7.56. The number of likely N-dealkylation sites (N-methyl/N-ethyl adjacent to an activating group) is 1. The Hall–Kier alpha value is -1.75. The second-order valence-corrected chi connectivity index (χ2v) is 5.72. The standard InChI is InChI=1S/C16H25N3O2/c1-13(18(2)14-7-4-3-5-8-14)11-17-16(21)19-10-6-9-15(20)12-19/h3-5,7-8,13,15,20H,6,9-12H2,1-2H3,(H,17,21). The zero-order chi connectivity index (χ0) is 15.2. The lowest BCUT2D eigenvalue weighted by atomic mass is 10.1. The van der Waals surface area contributed by atoms with E-state index in [2.05, 4.69) is 29.3 Å². The number of piperidine rings is 1. The molecule has 0 aromatic heterocycles. The Labute approximate surface area is 126 Å². The number of β-amino-alcohol motifs (C(OH)–C–C–N with tert-alkyl or cyclic N) is 1. The number of hydrogen-bond acceptors (Lipinski definition) is 3. The third-order valence-electron chi connectivity index (χ3n) is 4.06. The monoisotopic (exact) mass is 291 g/mol. The molecule has 2 N–H and O–H groups in total. The fraction of sp³-hybridized carbons (Fsp3) is 0.562. The van der Waals surface area contributed by atoms with E-state index in [-0.39, 0.29) is 18.2 Å². The van der Waals surface area contributed by atoms with Crippen LogP contribution >= 0.6 is 0 Å². The number of nitrogens with one attached hydrogen (secondary N) is 1. The molecule has 5 heteroatoms. The Kier molecular flexibility index (Phi) is 5.44. The van der Waals surface area contributed by atoms with Crippen molar-refractivity contribution in [1.82, 2.24) is 10.2 Å². The molecule has 1 saturated heterocycles. The molecule has 1 aliphatic rings. The number of carbonyl (C=O) groups excluding carboxylic acids is 1. The van der Waals surface area contributed by atoms with Gasteiger partial charge >= 0.3 is 6.03 Å². The molecule has 1 aromatic rings.